The zero-order chi connectivity index (χ0) is 22.7. The van der Waals surface area contributed by atoms with Crippen LogP contribution in [0.15, 0.2) is 0 Å². The summed E-state index contributed by atoms with van der Waals surface area (Å²) in [5, 5.41) is 33.9. The summed E-state index contributed by atoms with van der Waals surface area (Å²) in [5.74, 6) is -4.87. The maximum atomic E-state index is 12.2. The molecule has 0 bridgehead atoms. The van der Waals surface area contributed by atoms with Gasteiger partial charge in [0, 0.05) is 6.42 Å². The molecule has 166 valence electrons. The molecule has 4 unspecified atom stereocenters. The van der Waals surface area contributed by atoms with Crippen molar-refractivity contribution in [3.05, 3.63) is 0 Å². The van der Waals surface area contributed by atoms with Crippen molar-refractivity contribution in [2.75, 3.05) is 6.54 Å². The van der Waals surface area contributed by atoms with Crippen molar-refractivity contribution in [2.45, 2.75) is 64.3 Å². The van der Waals surface area contributed by atoms with Crippen LogP contribution in [0, 0.1) is 5.92 Å². The number of carboxylic acids is 2. The average Bonchev–Trinajstić information content (AvgIpc) is 2.59. The molecule has 0 aliphatic rings. The molecule has 0 rings (SSSR count). The van der Waals surface area contributed by atoms with Crippen LogP contribution in [0.5, 0.6) is 0 Å². The second-order valence-electron chi connectivity index (χ2n) is 7.07. The Labute approximate surface area is 168 Å². The van der Waals surface area contributed by atoms with E-state index in [9.17, 15) is 29.1 Å². The standard InChI is InChI=1S/C17H30N4O8/c1-8(2)6-10(18)15(26)21-14(9(3)22)16(27)19-7-12(23)20-11(17(28)29)4-5-13(24)25/h8-11,14,22H,4-7,18H2,1-3H3,(H,19,27)(H,20,23)(H,21,26)(H,24,25)(H,28,29). The van der Waals surface area contributed by atoms with Gasteiger partial charge in [0.2, 0.25) is 17.7 Å². The number of nitrogens with two attached hydrogens (primary N) is 1. The van der Waals surface area contributed by atoms with Gasteiger partial charge in [0.25, 0.3) is 0 Å². The highest BCUT2D eigenvalue weighted by Gasteiger charge is 2.28. The van der Waals surface area contributed by atoms with Crippen LogP contribution in [0.25, 0.3) is 0 Å². The van der Waals surface area contributed by atoms with E-state index in [2.05, 4.69) is 16.0 Å². The normalized spacial score (nSPS) is 15.0. The van der Waals surface area contributed by atoms with E-state index in [0.29, 0.717) is 6.42 Å². The van der Waals surface area contributed by atoms with Crippen molar-refractivity contribution in [3.63, 3.8) is 0 Å². The molecular weight excluding hydrogens is 388 g/mol. The quantitative estimate of drug-likeness (QED) is 0.172. The van der Waals surface area contributed by atoms with Gasteiger partial charge in [-0.3, -0.25) is 19.2 Å². The highest BCUT2D eigenvalue weighted by atomic mass is 16.4. The second kappa shape index (κ2) is 12.7. The third-order valence-electron chi connectivity index (χ3n) is 3.83. The minimum Gasteiger partial charge on any atom is -0.481 e. The molecule has 0 aromatic carbocycles. The van der Waals surface area contributed by atoms with Crippen molar-refractivity contribution in [1.29, 1.82) is 0 Å². The van der Waals surface area contributed by atoms with Crippen LogP contribution in [0.4, 0.5) is 0 Å². The molecule has 0 fully saturated rings. The molecule has 12 heteroatoms. The Balaban J connectivity index is 4.74. The molecule has 0 saturated heterocycles. The number of carbonyl (C=O) groups excluding carboxylic acids is 3. The zero-order valence-corrected chi connectivity index (χ0v) is 16.7. The van der Waals surface area contributed by atoms with Crippen molar-refractivity contribution >= 4 is 29.7 Å². The number of carbonyl (C=O) groups is 5. The van der Waals surface area contributed by atoms with Gasteiger partial charge in [0.15, 0.2) is 0 Å². The predicted molar refractivity (Wildman–Crippen MR) is 100 cm³/mol. The van der Waals surface area contributed by atoms with Crippen molar-refractivity contribution in [2.24, 2.45) is 11.7 Å². The third-order valence-corrected chi connectivity index (χ3v) is 3.83. The summed E-state index contributed by atoms with van der Waals surface area (Å²) >= 11 is 0. The molecule has 0 radical (unpaired) electrons. The van der Waals surface area contributed by atoms with Gasteiger partial charge in [0.05, 0.1) is 18.7 Å². The third kappa shape index (κ3) is 11.0. The van der Waals surface area contributed by atoms with Crippen LogP contribution in [-0.2, 0) is 24.0 Å². The van der Waals surface area contributed by atoms with E-state index in [1.165, 1.54) is 6.92 Å². The topological polar surface area (TPSA) is 208 Å². The minimum atomic E-state index is -1.43. The molecule has 0 heterocycles. The fraction of sp³-hybridized carbons (Fsp3) is 0.706. The summed E-state index contributed by atoms with van der Waals surface area (Å²) < 4.78 is 0. The van der Waals surface area contributed by atoms with Gasteiger partial charge >= 0.3 is 11.9 Å². The molecule has 8 N–H and O–H groups in total. The Hall–Kier alpha value is -2.73. The zero-order valence-electron chi connectivity index (χ0n) is 16.7. The van der Waals surface area contributed by atoms with E-state index in [4.69, 9.17) is 15.9 Å². The van der Waals surface area contributed by atoms with E-state index >= 15 is 0 Å². The largest absolute Gasteiger partial charge is 0.481 e. The summed E-state index contributed by atoms with van der Waals surface area (Å²) in [7, 11) is 0. The molecule has 0 spiro atoms. The fourth-order valence-corrected chi connectivity index (χ4v) is 2.33. The minimum absolute atomic E-state index is 0.140. The average molecular weight is 418 g/mol. The van der Waals surface area contributed by atoms with Gasteiger partial charge in [0.1, 0.15) is 12.1 Å². The number of hydrogen-bond acceptors (Lipinski definition) is 7. The fourth-order valence-electron chi connectivity index (χ4n) is 2.33. The number of carboxylic acid groups (broad SMARTS) is 2. The molecule has 0 aliphatic heterocycles. The lowest BCUT2D eigenvalue weighted by atomic mass is 10.0. The summed E-state index contributed by atoms with van der Waals surface area (Å²) in [6.07, 6.45) is -1.70. The van der Waals surface area contributed by atoms with Crippen LogP contribution in [-0.4, -0.2) is 75.8 Å². The summed E-state index contributed by atoms with van der Waals surface area (Å²) in [6.45, 7) is 4.37. The van der Waals surface area contributed by atoms with Gasteiger partial charge in [-0.15, -0.1) is 0 Å². The first-order chi connectivity index (χ1) is 13.3. The lowest BCUT2D eigenvalue weighted by Crippen LogP contribution is -2.57. The van der Waals surface area contributed by atoms with Crippen LogP contribution in [0.2, 0.25) is 0 Å². The van der Waals surface area contributed by atoms with Crippen molar-refractivity contribution in [1.82, 2.24) is 16.0 Å². The highest BCUT2D eigenvalue weighted by Crippen LogP contribution is 2.04. The number of rotatable bonds is 13. The molecule has 4 atom stereocenters. The Bertz CT molecular complexity index is 608. The molecule has 0 saturated carbocycles. The highest BCUT2D eigenvalue weighted by molar-refractivity contribution is 5.93. The number of hydrogen-bond donors (Lipinski definition) is 7. The molecule has 3 amide bonds. The van der Waals surface area contributed by atoms with E-state index in [1.807, 2.05) is 13.8 Å². The first-order valence-corrected chi connectivity index (χ1v) is 9.10. The molecule has 0 aromatic heterocycles. The lowest BCUT2D eigenvalue weighted by molar-refractivity contribution is -0.143. The van der Waals surface area contributed by atoms with Crippen molar-refractivity contribution < 1.29 is 39.3 Å². The van der Waals surface area contributed by atoms with E-state index < -0.39 is 66.9 Å². The number of aliphatic hydroxyl groups excluding tert-OH is 1. The Morgan fingerprint density at radius 3 is 2.00 bits per heavy atom. The number of aliphatic hydroxyl groups is 1. The van der Waals surface area contributed by atoms with Gasteiger partial charge in [-0.2, -0.15) is 0 Å². The van der Waals surface area contributed by atoms with E-state index in [-0.39, 0.29) is 12.3 Å². The van der Waals surface area contributed by atoms with Crippen LogP contribution < -0.4 is 21.7 Å². The maximum Gasteiger partial charge on any atom is 0.326 e. The van der Waals surface area contributed by atoms with Crippen molar-refractivity contribution in [3.8, 4) is 0 Å². The number of nitrogens with one attached hydrogen (secondary N) is 3. The SMILES string of the molecule is CC(C)CC(N)C(=O)NC(C(=O)NCC(=O)NC(CCC(=O)O)C(=O)O)C(C)O. The van der Waals surface area contributed by atoms with Gasteiger partial charge in [-0.05, 0) is 25.7 Å². The summed E-state index contributed by atoms with van der Waals surface area (Å²) in [6, 6.07) is -3.68. The maximum absolute atomic E-state index is 12.2. The van der Waals surface area contributed by atoms with Gasteiger partial charge in [-0.25, -0.2) is 4.79 Å². The van der Waals surface area contributed by atoms with Gasteiger partial charge in [-0.1, -0.05) is 13.8 Å². The molecular formula is C17H30N4O8. The molecule has 12 nitrogen and oxygen atoms in total. The molecule has 0 aliphatic carbocycles. The first-order valence-electron chi connectivity index (χ1n) is 9.10. The van der Waals surface area contributed by atoms with Crippen LogP contribution in [0.3, 0.4) is 0 Å². The predicted octanol–water partition coefficient (Wildman–Crippen LogP) is -2.22. The second-order valence-corrected chi connectivity index (χ2v) is 7.07. The number of aliphatic carboxylic acids is 2. The Kier molecular flexibility index (Phi) is 11.5. The van der Waals surface area contributed by atoms with Gasteiger partial charge < -0.3 is 37.0 Å². The smallest absolute Gasteiger partial charge is 0.326 e. The Morgan fingerprint density at radius 1 is 0.966 bits per heavy atom. The summed E-state index contributed by atoms with van der Waals surface area (Å²) in [4.78, 5) is 57.7. The molecule has 29 heavy (non-hydrogen) atoms. The van der Waals surface area contributed by atoms with E-state index in [1.54, 1.807) is 0 Å². The monoisotopic (exact) mass is 418 g/mol. The van der Waals surface area contributed by atoms with Crippen LogP contribution in [0.1, 0.15) is 40.0 Å². The summed E-state index contributed by atoms with van der Waals surface area (Å²) in [5.41, 5.74) is 5.73. The number of amides is 3. The van der Waals surface area contributed by atoms with Crippen LogP contribution >= 0.6 is 0 Å². The Morgan fingerprint density at radius 2 is 1.55 bits per heavy atom. The molecule has 0 aromatic rings. The first kappa shape index (κ1) is 26.3. The lowest BCUT2D eigenvalue weighted by Gasteiger charge is -2.23. The van der Waals surface area contributed by atoms with E-state index in [0.717, 1.165) is 0 Å².